The molecule has 196 valence electrons. The topological polar surface area (TPSA) is 122 Å². The third kappa shape index (κ3) is 5.33. The summed E-state index contributed by atoms with van der Waals surface area (Å²) < 4.78 is 36.8. The lowest BCUT2D eigenvalue weighted by molar-refractivity contribution is 0.297. The summed E-state index contributed by atoms with van der Waals surface area (Å²) in [5.74, 6) is 0.813. The molecule has 1 aromatic carbocycles. The molecular formula is C25H36N6O4S. The highest BCUT2D eigenvalue weighted by atomic mass is 32.2. The van der Waals surface area contributed by atoms with Gasteiger partial charge in [-0.1, -0.05) is 20.3 Å². The van der Waals surface area contributed by atoms with Gasteiger partial charge in [0.1, 0.15) is 11.6 Å². The zero-order valence-electron chi connectivity index (χ0n) is 21.5. The summed E-state index contributed by atoms with van der Waals surface area (Å²) in [5.41, 5.74) is 1.76. The van der Waals surface area contributed by atoms with Crippen molar-refractivity contribution in [2.75, 3.05) is 26.7 Å². The average molecular weight is 517 g/mol. The van der Waals surface area contributed by atoms with Crippen molar-refractivity contribution >= 4 is 21.1 Å². The van der Waals surface area contributed by atoms with Crippen LogP contribution in [-0.4, -0.2) is 65.9 Å². The van der Waals surface area contributed by atoms with Crippen molar-refractivity contribution in [1.29, 1.82) is 0 Å². The number of aromatic nitrogens is 4. The molecule has 0 aliphatic carbocycles. The molecule has 1 aliphatic rings. The zero-order valence-corrected chi connectivity index (χ0v) is 22.3. The van der Waals surface area contributed by atoms with Gasteiger partial charge >= 0.3 is 5.56 Å². The zero-order chi connectivity index (χ0) is 25.9. The first-order valence-electron chi connectivity index (χ1n) is 12.7. The Labute approximate surface area is 212 Å². The van der Waals surface area contributed by atoms with Crippen LogP contribution in [0.15, 0.2) is 27.9 Å². The second-order valence-electron chi connectivity index (χ2n) is 9.42. The second-order valence-corrected chi connectivity index (χ2v) is 11.2. The molecule has 11 heteroatoms. The maximum atomic E-state index is 13.2. The van der Waals surface area contributed by atoms with Crippen molar-refractivity contribution in [1.82, 2.24) is 29.4 Å². The van der Waals surface area contributed by atoms with E-state index in [1.807, 2.05) is 6.92 Å². The molecule has 3 heterocycles. The van der Waals surface area contributed by atoms with Crippen molar-refractivity contribution in [2.24, 2.45) is 7.05 Å². The number of nitrogens with zero attached hydrogens (tertiary/aromatic N) is 4. The first kappa shape index (κ1) is 26.3. The number of nitrogens with one attached hydrogen (secondary N) is 2. The Morgan fingerprint density at radius 1 is 1.22 bits per heavy atom. The maximum Gasteiger partial charge on any atom is 0.301 e. The standard InChI is InChI=1S/C25H36N6O4S/c1-5-8-20-23-22(29-28-20)25(32)27-24(31(23)4)19-16-18(10-11-21(19)35-15-6-2)36(33,34)26-13-12-17-9-7-14-30(17)3/h10-11,16-17,26H,5-9,12-15H2,1-4H3,(H,28,29). The van der Waals surface area contributed by atoms with E-state index in [4.69, 9.17) is 4.74 Å². The summed E-state index contributed by atoms with van der Waals surface area (Å²) in [5, 5.41) is 7.13. The molecule has 2 N–H and O–H groups in total. The number of hydrogen-bond donors (Lipinski definition) is 2. The number of hydrogen-bond acceptors (Lipinski definition) is 7. The summed E-state index contributed by atoms with van der Waals surface area (Å²) in [6.07, 6.45) is 5.37. The minimum Gasteiger partial charge on any atom is -0.493 e. The summed E-state index contributed by atoms with van der Waals surface area (Å²) >= 11 is 0. The van der Waals surface area contributed by atoms with Crippen molar-refractivity contribution in [3.05, 3.63) is 34.2 Å². The number of rotatable bonds is 11. The number of sulfonamides is 1. The molecule has 0 spiro atoms. The summed E-state index contributed by atoms with van der Waals surface area (Å²) in [4.78, 5) is 19.5. The molecule has 10 nitrogen and oxygen atoms in total. The monoisotopic (exact) mass is 516 g/mol. The van der Waals surface area contributed by atoms with Crippen molar-refractivity contribution in [3.8, 4) is 17.1 Å². The van der Waals surface area contributed by atoms with E-state index in [0.717, 1.165) is 50.8 Å². The summed E-state index contributed by atoms with van der Waals surface area (Å²) in [7, 11) is 0.116. The third-order valence-corrected chi connectivity index (χ3v) is 8.24. The van der Waals surface area contributed by atoms with E-state index in [1.165, 1.54) is 6.07 Å². The summed E-state index contributed by atoms with van der Waals surface area (Å²) in [6.45, 7) is 5.91. The Balaban J connectivity index is 1.73. The number of fused-ring (bicyclic) bond motifs is 1. The smallest absolute Gasteiger partial charge is 0.301 e. The maximum absolute atomic E-state index is 13.2. The Morgan fingerprint density at radius 3 is 2.72 bits per heavy atom. The summed E-state index contributed by atoms with van der Waals surface area (Å²) in [6, 6.07) is 5.12. The average Bonchev–Trinajstić information content (AvgIpc) is 3.47. The van der Waals surface area contributed by atoms with E-state index < -0.39 is 15.6 Å². The number of ether oxygens (including phenoxy) is 1. The molecule has 3 aromatic rings. The first-order valence-corrected chi connectivity index (χ1v) is 14.2. The fraction of sp³-hybridized carbons (Fsp3) is 0.560. The molecule has 1 saturated heterocycles. The molecule has 2 aromatic heterocycles. The largest absolute Gasteiger partial charge is 0.493 e. The van der Waals surface area contributed by atoms with Gasteiger partial charge in [0.2, 0.25) is 10.0 Å². The highest BCUT2D eigenvalue weighted by Gasteiger charge is 2.24. The molecule has 4 rings (SSSR count). The predicted octanol–water partition coefficient (Wildman–Crippen LogP) is 2.83. The fourth-order valence-corrected chi connectivity index (χ4v) is 5.93. The Kier molecular flexibility index (Phi) is 8.11. The molecule has 0 bridgehead atoms. The van der Waals surface area contributed by atoms with E-state index in [-0.39, 0.29) is 10.4 Å². The van der Waals surface area contributed by atoms with Crippen molar-refractivity contribution in [2.45, 2.75) is 63.3 Å². The van der Waals surface area contributed by atoms with E-state index in [9.17, 15) is 13.2 Å². The molecule has 0 saturated carbocycles. The van der Waals surface area contributed by atoms with Gasteiger partial charge in [-0.2, -0.15) is 10.1 Å². The highest BCUT2D eigenvalue weighted by Crippen LogP contribution is 2.32. The van der Waals surface area contributed by atoms with Crippen LogP contribution in [0.5, 0.6) is 5.75 Å². The van der Waals surface area contributed by atoms with Gasteiger partial charge in [-0.25, -0.2) is 13.1 Å². The molecule has 36 heavy (non-hydrogen) atoms. The lowest BCUT2D eigenvalue weighted by atomic mass is 10.1. The van der Waals surface area contributed by atoms with Crippen LogP contribution in [-0.2, 0) is 23.5 Å². The predicted molar refractivity (Wildman–Crippen MR) is 140 cm³/mol. The number of H-pyrrole nitrogens is 1. The minimum atomic E-state index is -3.77. The van der Waals surface area contributed by atoms with E-state index in [1.54, 1.807) is 23.7 Å². The van der Waals surface area contributed by atoms with Gasteiger partial charge < -0.3 is 14.2 Å². The van der Waals surface area contributed by atoms with Crippen LogP contribution < -0.4 is 15.0 Å². The van der Waals surface area contributed by atoms with Crippen LogP contribution in [0.1, 0.15) is 51.6 Å². The van der Waals surface area contributed by atoms with Gasteiger partial charge in [-0.3, -0.25) is 9.89 Å². The highest BCUT2D eigenvalue weighted by molar-refractivity contribution is 7.89. The quantitative estimate of drug-likeness (QED) is 0.402. The minimum absolute atomic E-state index is 0.108. The van der Waals surface area contributed by atoms with Crippen LogP contribution in [0.25, 0.3) is 22.4 Å². The lowest BCUT2D eigenvalue weighted by Gasteiger charge is -2.19. The molecular weight excluding hydrogens is 480 g/mol. The molecule has 0 amide bonds. The SMILES string of the molecule is CCCOc1ccc(S(=O)(=O)NCCC2CCCN2C)cc1-c1nc(=O)c2n[nH]c(CCC)c2n1C. The van der Waals surface area contributed by atoms with Gasteiger partial charge in [-0.15, -0.1) is 0 Å². The van der Waals surface area contributed by atoms with E-state index in [0.29, 0.717) is 41.8 Å². The van der Waals surface area contributed by atoms with Crippen LogP contribution in [0.4, 0.5) is 0 Å². The van der Waals surface area contributed by atoms with Crippen LogP contribution >= 0.6 is 0 Å². The number of aromatic amines is 1. The second kappa shape index (κ2) is 11.1. The van der Waals surface area contributed by atoms with Crippen molar-refractivity contribution in [3.63, 3.8) is 0 Å². The van der Waals surface area contributed by atoms with Crippen LogP contribution in [0.2, 0.25) is 0 Å². The Bertz CT molecular complexity index is 1380. The van der Waals surface area contributed by atoms with E-state index >= 15 is 0 Å². The molecule has 1 fully saturated rings. The third-order valence-electron chi connectivity index (χ3n) is 6.78. The molecule has 1 atom stereocenters. The van der Waals surface area contributed by atoms with Gasteiger partial charge in [0.05, 0.1) is 28.3 Å². The molecule has 1 unspecified atom stereocenters. The fourth-order valence-electron chi connectivity index (χ4n) is 4.85. The number of likely N-dealkylation sites (tertiary alicyclic amines) is 1. The first-order chi connectivity index (χ1) is 17.3. The number of benzene rings is 1. The number of aryl methyl sites for hydroxylation is 2. The van der Waals surface area contributed by atoms with Gasteiger partial charge in [0.25, 0.3) is 0 Å². The van der Waals surface area contributed by atoms with Crippen LogP contribution in [0.3, 0.4) is 0 Å². The normalized spacial score (nSPS) is 16.7. The van der Waals surface area contributed by atoms with Gasteiger partial charge in [0.15, 0.2) is 5.52 Å². The molecule has 0 radical (unpaired) electrons. The lowest BCUT2D eigenvalue weighted by Crippen LogP contribution is -2.31. The van der Waals surface area contributed by atoms with Gasteiger partial charge in [-0.05, 0) is 63.9 Å². The van der Waals surface area contributed by atoms with Gasteiger partial charge in [0, 0.05) is 19.6 Å². The molecule has 1 aliphatic heterocycles. The van der Waals surface area contributed by atoms with Crippen molar-refractivity contribution < 1.29 is 13.2 Å². The Morgan fingerprint density at radius 2 is 2.03 bits per heavy atom. The van der Waals surface area contributed by atoms with Crippen LogP contribution in [0, 0.1) is 0 Å². The van der Waals surface area contributed by atoms with E-state index in [2.05, 4.69) is 38.8 Å². The Hall–Kier alpha value is -2.76.